The molecule has 0 amide bonds. The summed E-state index contributed by atoms with van der Waals surface area (Å²) in [5, 5.41) is 20.6. The summed E-state index contributed by atoms with van der Waals surface area (Å²) in [6.45, 7) is 16.4. The largest absolute Gasteiger partial charge is 0.396 e. The van der Waals surface area contributed by atoms with E-state index in [1.54, 1.807) is 0 Å². The minimum absolute atomic E-state index is 0.0344. The van der Waals surface area contributed by atoms with Crippen LogP contribution in [0.15, 0.2) is 12.2 Å². The molecule has 6 rings (SSSR count). The highest BCUT2D eigenvalue weighted by molar-refractivity contribution is 5.98. The first-order valence-corrected chi connectivity index (χ1v) is 14.2. The van der Waals surface area contributed by atoms with Crippen LogP contribution >= 0.6 is 0 Å². The van der Waals surface area contributed by atoms with Crippen molar-refractivity contribution >= 4 is 5.78 Å². The second kappa shape index (κ2) is 8.12. The van der Waals surface area contributed by atoms with E-state index in [1.165, 1.54) is 6.42 Å². The topological polar surface area (TPSA) is 76.0 Å². The molecule has 2 aliphatic heterocycles. The predicted molar refractivity (Wildman–Crippen MR) is 135 cm³/mol. The molecule has 2 bridgehead atoms. The summed E-state index contributed by atoms with van der Waals surface area (Å²) in [4.78, 5) is 26.6. The summed E-state index contributed by atoms with van der Waals surface area (Å²) in [7, 11) is 0. The Kier molecular flexibility index (Phi) is 6.01. The molecule has 6 aliphatic rings. The van der Waals surface area contributed by atoms with Crippen LogP contribution in [0.3, 0.4) is 0 Å². The molecule has 5 heteroatoms. The number of fused-ring (bicyclic) bond motifs is 1. The first-order chi connectivity index (χ1) is 16.3. The second-order valence-corrected chi connectivity index (χ2v) is 14.2. The van der Waals surface area contributed by atoms with Crippen LogP contribution in [-0.2, 0) is 14.6 Å². The van der Waals surface area contributed by atoms with E-state index in [2.05, 4.69) is 41.5 Å². The van der Waals surface area contributed by atoms with Crippen molar-refractivity contribution in [1.29, 1.82) is 0 Å². The number of ketones is 1. The van der Waals surface area contributed by atoms with Gasteiger partial charge in [-0.3, -0.25) is 4.79 Å². The number of hydrogen-bond donors (Lipinski definition) is 2. The molecule has 198 valence electrons. The second-order valence-electron chi connectivity index (χ2n) is 14.2. The van der Waals surface area contributed by atoms with E-state index >= 15 is 0 Å². The van der Waals surface area contributed by atoms with E-state index in [0.29, 0.717) is 60.7 Å². The van der Waals surface area contributed by atoms with Gasteiger partial charge in [0.2, 0.25) is 0 Å². The van der Waals surface area contributed by atoms with Crippen LogP contribution in [0.2, 0.25) is 0 Å². The van der Waals surface area contributed by atoms with Gasteiger partial charge in [0.1, 0.15) is 5.60 Å². The molecule has 1 saturated heterocycles. The Bertz CT molecular complexity index is 899. The average Bonchev–Trinajstić information content (AvgIpc) is 3.39. The maximum Gasteiger partial charge on any atom is 0.183 e. The summed E-state index contributed by atoms with van der Waals surface area (Å²) < 4.78 is 0. The van der Waals surface area contributed by atoms with Crippen LogP contribution in [0, 0.1) is 51.8 Å². The molecule has 35 heavy (non-hydrogen) atoms. The average molecular weight is 489 g/mol. The Balaban J connectivity index is 1.47. The van der Waals surface area contributed by atoms with Gasteiger partial charge >= 0.3 is 0 Å². The van der Waals surface area contributed by atoms with Gasteiger partial charge in [0.25, 0.3) is 0 Å². The quantitative estimate of drug-likeness (QED) is 0.366. The zero-order chi connectivity index (χ0) is 25.6. The third-order valence-corrected chi connectivity index (χ3v) is 12.5. The number of carbonyl (C=O) groups is 1. The lowest BCUT2D eigenvalue weighted by Gasteiger charge is -2.61. The molecule has 0 radical (unpaired) electrons. The van der Waals surface area contributed by atoms with E-state index in [-0.39, 0.29) is 23.7 Å². The van der Waals surface area contributed by atoms with Crippen molar-refractivity contribution in [3.05, 3.63) is 12.2 Å². The molecule has 2 heterocycles. The molecule has 0 aromatic rings. The standard InChI is InChI=1S/C30H48O5/c1-18(2)20(4)27(6)17-23(27)19(3)22-8-9-24(26(22,5)14-15-31)30-13-12-29(34-35-30)16-21(32)10-11-28(29,7)25(30)33/h12-13,18-24,31-32H,8-11,14-17H2,1-7H3/t19-,20+,21-,22+,23+,24+,26+,27+,28+,29+,30-/m0/s1. The molecule has 4 aliphatic carbocycles. The maximum atomic E-state index is 14.3. The van der Waals surface area contributed by atoms with Gasteiger partial charge in [0.05, 0.1) is 11.5 Å². The van der Waals surface area contributed by atoms with Gasteiger partial charge in [-0.05, 0) is 98.0 Å². The number of Topliss-reactive ketones (excluding diaryl/α,β-unsaturated/α-hetero) is 1. The Morgan fingerprint density at radius 1 is 1.00 bits per heavy atom. The molecular weight excluding hydrogens is 440 g/mol. The molecule has 1 spiro atoms. The lowest BCUT2D eigenvalue weighted by atomic mass is 9.50. The van der Waals surface area contributed by atoms with Gasteiger partial charge in [-0.15, -0.1) is 0 Å². The van der Waals surface area contributed by atoms with Crippen LogP contribution in [0.25, 0.3) is 0 Å². The van der Waals surface area contributed by atoms with Crippen LogP contribution in [-0.4, -0.2) is 39.9 Å². The van der Waals surface area contributed by atoms with Gasteiger partial charge in [0, 0.05) is 18.9 Å². The normalized spacial score (nSPS) is 52.6. The minimum Gasteiger partial charge on any atom is -0.396 e. The molecule has 3 saturated carbocycles. The van der Waals surface area contributed by atoms with Gasteiger partial charge in [-0.25, -0.2) is 9.78 Å². The first kappa shape index (κ1) is 25.9. The van der Waals surface area contributed by atoms with Crippen molar-refractivity contribution in [2.45, 2.75) is 111 Å². The Labute approximate surface area is 212 Å². The molecule has 0 aromatic carbocycles. The van der Waals surface area contributed by atoms with Crippen molar-refractivity contribution in [3.8, 4) is 0 Å². The Hall–Kier alpha value is -0.750. The third-order valence-electron chi connectivity index (χ3n) is 12.5. The van der Waals surface area contributed by atoms with Crippen LogP contribution in [0.4, 0.5) is 0 Å². The minimum atomic E-state index is -1.10. The van der Waals surface area contributed by atoms with Crippen molar-refractivity contribution < 1.29 is 24.8 Å². The SMILES string of the molecule is CC(C)[C@@H](C)[C@@]1(C)C[C@@H]1[C@@H](C)[C@H]1CC[C@@H]([C@@]23C=C[C@]4(C[C@@H](O)CC[C@]4(C)C2=O)OO3)[C@]1(C)CCO. The van der Waals surface area contributed by atoms with Gasteiger partial charge in [-0.1, -0.05) is 41.5 Å². The first-order valence-electron chi connectivity index (χ1n) is 14.2. The summed E-state index contributed by atoms with van der Waals surface area (Å²) in [6.07, 6.45) is 9.06. The smallest absolute Gasteiger partial charge is 0.183 e. The van der Waals surface area contributed by atoms with Crippen molar-refractivity contribution in [2.24, 2.45) is 51.8 Å². The van der Waals surface area contributed by atoms with E-state index in [4.69, 9.17) is 9.78 Å². The number of aliphatic hydroxyl groups is 2. The number of rotatable bonds is 7. The van der Waals surface area contributed by atoms with E-state index in [1.807, 2.05) is 19.1 Å². The fourth-order valence-electron chi connectivity index (χ4n) is 9.56. The Morgan fingerprint density at radius 3 is 2.31 bits per heavy atom. The number of carbonyl (C=O) groups excluding carboxylic acids is 1. The molecule has 4 fully saturated rings. The zero-order valence-corrected chi connectivity index (χ0v) is 23.0. The van der Waals surface area contributed by atoms with Crippen LogP contribution < -0.4 is 0 Å². The van der Waals surface area contributed by atoms with Crippen molar-refractivity contribution in [1.82, 2.24) is 0 Å². The summed E-state index contributed by atoms with van der Waals surface area (Å²) >= 11 is 0. The van der Waals surface area contributed by atoms with Crippen molar-refractivity contribution in [2.75, 3.05) is 6.61 Å². The van der Waals surface area contributed by atoms with Gasteiger partial charge in [0.15, 0.2) is 11.4 Å². The number of hydrogen-bond acceptors (Lipinski definition) is 5. The Morgan fingerprint density at radius 2 is 1.71 bits per heavy atom. The molecule has 0 aromatic heterocycles. The highest BCUT2D eigenvalue weighted by Crippen LogP contribution is 2.69. The van der Waals surface area contributed by atoms with E-state index in [9.17, 15) is 15.0 Å². The molecule has 2 N–H and O–H groups in total. The molecule has 5 nitrogen and oxygen atoms in total. The van der Waals surface area contributed by atoms with Crippen LogP contribution in [0.1, 0.15) is 93.4 Å². The highest BCUT2D eigenvalue weighted by Gasteiger charge is 2.73. The predicted octanol–water partition coefficient (Wildman–Crippen LogP) is 5.49. The maximum absolute atomic E-state index is 14.3. The summed E-state index contributed by atoms with van der Waals surface area (Å²) in [6, 6.07) is 0. The molecular formula is C30H48O5. The van der Waals surface area contributed by atoms with Gasteiger partial charge in [-0.2, -0.15) is 0 Å². The highest BCUT2D eigenvalue weighted by atomic mass is 17.2. The van der Waals surface area contributed by atoms with E-state index in [0.717, 1.165) is 12.8 Å². The van der Waals surface area contributed by atoms with Gasteiger partial charge < -0.3 is 10.2 Å². The molecule has 0 unspecified atom stereocenters. The van der Waals surface area contributed by atoms with Crippen molar-refractivity contribution in [3.63, 3.8) is 0 Å². The lowest BCUT2D eigenvalue weighted by Crippen LogP contribution is -2.72. The third kappa shape index (κ3) is 3.30. The van der Waals surface area contributed by atoms with E-state index < -0.39 is 22.7 Å². The summed E-state index contributed by atoms with van der Waals surface area (Å²) in [5.41, 5.74) is -2.50. The fraction of sp³-hybridized carbons (Fsp3) is 0.900. The van der Waals surface area contributed by atoms with Crippen LogP contribution in [0.5, 0.6) is 0 Å². The fourth-order valence-corrected chi connectivity index (χ4v) is 9.56. The number of aliphatic hydroxyl groups excluding tert-OH is 2. The molecule has 11 atom stereocenters. The zero-order valence-electron chi connectivity index (χ0n) is 23.0. The lowest BCUT2D eigenvalue weighted by molar-refractivity contribution is -0.446. The monoisotopic (exact) mass is 488 g/mol. The summed E-state index contributed by atoms with van der Waals surface area (Å²) in [5.74, 6) is 3.09.